The molecular formula is C54H34N2O. The molecule has 266 valence electrons. The van der Waals surface area contributed by atoms with Gasteiger partial charge in [-0.1, -0.05) is 139 Å². The third kappa shape index (κ3) is 4.86. The highest BCUT2D eigenvalue weighted by atomic mass is 16.3. The molecule has 12 rings (SSSR count). The maximum absolute atomic E-state index is 10.1. The number of benzene rings is 9. The maximum atomic E-state index is 10.1. The van der Waals surface area contributed by atoms with E-state index < -0.39 is 223 Å². The number of nitrogens with zero attached hydrogens (tertiary/aromatic N) is 2. The van der Waals surface area contributed by atoms with Crippen molar-refractivity contribution in [3.05, 3.63) is 206 Å². The van der Waals surface area contributed by atoms with Gasteiger partial charge in [0.1, 0.15) is 11.2 Å². The van der Waals surface area contributed by atoms with Crippen LogP contribution in [-0.2, 0) is 0 Å². The first-order valence-corrected chi connectivity index (χ1v) is 17.5. The minimum absolute atomic E-state index is 0.182. The van der Waals surface area contributed by atoms with Crippen molar-refractivity contribution >= 4 is 65.6 Å². The Morgan fingerprint density at radius 3 is 1.72 bits per heavy atom. The van der Waals surface area contributed by atoms with Crippen LogP contribution < -0.4 is 0 Å². The summed E-state index contributed by atoms with van der Waals surface area (Å²) in [4.78, 5) is 0. The third-order valence-electron chi connectivity index (χ3n) is 9.87. The molecule has 12 aromatic rings. The number of rotatable bonds is 5. The minimum Gasteiger partial charge on any atom is -0.456 e. The number of fused-ring (bicyclic) bond motifs is 9. The van der Waals surface area contributed by atoms with Crippen LogP contribution in [0.4, 0.5) is 0 Å². The molecule has 3 heterocycles. The van der Waals surface area contributed by atoms with Gasteiger partial charge in [-0.25, -0.2) is 0 Å². The molecule has 0 amide bonds. The molecule has 9 aromatic carbocycles. The summed E-state index contributed by atoms with van der Waals surface area (Å²) in [5.41, 5.74) is -4.66. The largest absolute Gasteiger partial charge is 0.456 e. The molecule has 0 fully saturated rings. The highest BCUT2D eigenvalue weighted by Gasteiger charge is 2.21. The first-order chi connectivity index (χ1) is 38.7. The van der Waals surface area contributed by atoms with Gasteiger partial charge in [0.2, 0.25) is 0 Å². The zero-order chi connectivity index (χ0) is 59.2. The molecule has 0 bridgehead atoms. The van der Waals surface area contributed by atoms with Crippen molar-refractivity contribution < 1.29 is 38.7 Å². The van der Waals surface area contributed by atoms with Crippen LogP contribution in [0.15, 0.2) is 210 Å². The lowest BCUT2D eigenvalue weighted by atomic mass is 9.98. The molecule has 3 aromatic heterocycles. The summed E-state index contributed by atoms with van der Waals surface area (Å²) in [7, 11) is 0. The Morgan fingerprint density at radius 2 is 0.982 bits per heavy atom. The predicted octanol–water partition coefficient (Wildman–Crippen LogP) is 14.8. The fourth-order valence-electron chi connectivity index (χ4n) is 7.44. The Morgan fingerprint density at radius 1 is 0.386 bits per heavy atom. The second-order valence-electron chi connectivity index (χ2n) is 13.0. The summed E-state index contributed by atoms with van der Waals surface area (Å²) in [5, 5.41) is -2.77. The van der Waals surface area contributed by atoms with E-state index in [4.69, 9.17) is 22.2 Å². The Balaban J connectivity index is 1.27. The molecule has 3 nitrogen and oxygen atoms in total. The topological polar surface area (TPSA) is 23.0 Å². The first-order valence-electron chi connectivity index (χ1n) is 30.0. The van der Waals surface area contributed by atoms with Crippen LogP contribution in [0, 0.1) is 0 Å². The number of para-hydroxylation sites is 2. The van der Waals surface area contributed by atoms with Crippen LogP contribution in [0.1, 0.15) is 34.3 Å². The molecule has 0 spiro atoms. The Hall–Kier alpha value is -7.62. The van der Waals surface area contributed by atoms with Gasteiger partial charge in [-0.15, -0.1) is 0 Å². The standard InChI is InChI=1S/C54H34N2O/c1-3-14-35(15-4-1)37-18-11-19-40(32-37)55-46-23-9-7-20-42(46)44-33-38(28-30-48(44)55)39-29-31-49-45(34-39)43-21-8-10-24-47(43)56(49)50-25-13-27-52-54(50)53-41(22-12-26-51(53)57-52)36-16-5-2-6-17-36/h1-34H/i2D,5D,6D,7D,8D,9D,10D,12D,13D,16D,17D,20D,21D,22D,23D,24D,25D,26D,27D,28D,29D,30D,31D,33D,34D. The van der Waals surface area contributed by atoms with E-state index in [2.05, 4.69) is 0 Å². The van der Waals surface area contributed by atoms with Crippen LogP contribution >= 0.6 is 0 Å². The second-order valence-corrected chi connectivity index (χ2v) is 13.0. The molecule has 0 aliphatic carbocycles. The summed E-state index contributed by atoms with van der Waals surface area (Å²) < 4.78 is 238. The van der Waals surface area contributed by atoms with Crippen molar-refractivity contribution in [3.63, 3.8) is 0 Å². The summed E-state index contributed by atoms with van der Waals surface area (Å²) in [6.07, 6.45) is 0. The van der Waals surface area contributed by atoms with Crippen LogP contribution in [-0.4, -0.2) is 9.13 Å². The summed E-state index contributed by atoms with van der Waals surface area (Å²) in [5.74, 6) is 0. The molecule has 0 aliphatic rings. The molecule has 0 N–H and O–H groups in total. The van der Waals surface area contributed by atoms with Gasteiger partial charge in [0, 0.05) is 32.6 Å². The number of hydrogen-bond donors (Lipinski definition) is 0. The van der Waals surface area contributed by atoms with Gasteiger partial charge < -0.3 is 13.6 Å². The van der Waals surface area contributed by atoms with Crippen LogP contribution in [0.2, 0.25) is 0 Å². The van der Waals surface area contributed by atoms with Gasteiger partial charge >= 0.3 is 0 Å². The van der Waals surface area contributed by atoms with Gasteiger partial charge in [-0.05, 0) is 99.9 Å². The Bertz CT molecular complexity index is 4960. The zero-order valence-electron chi connectivity index (χ0n) is 54.0. The lowest BCUT2D eigenvalue weighted by Gasteiger charge is -2.12. The average molecular weight is 752 g/mol. The molecular weight excluding hydrogens is 693 g/mol. The molecule has 57 heavy (non-hydrogen) atoms. The predicted molar refractivity (Wildman–Crippen MR) is 239 cm³/mol. The van der Waals surface area contributed by atoms with Crippen LogP contribution in [0.5, 0.6) is 0 Å². The fraction of sp³-hybridized carbons (Fsp3) is 0. The molecule has 0 unspecified atom stereocenters. The molecule has 0 saturated heterocycles. The van der Waals surface area contributed by atoms with Crippen molar-refractivity contribution in [1.29, 1.82) is 0 Å². The van der Waals surface area contributed by atoms with Crippen LogP contribution in [0.3, 0.4) is 0 Å². The van der Waals surface area contributed by atoms with Crippen molar-refractivity contribution in [2.45, 2.75) is 0 Å². The van der Waals surface area contributed by atoms with Crippen molar-refractivity contribution in [2.24, 2.45) is 0 Å². The molecule has 0 atom stereocenters. The van der Waals surface area contributed by atoms with E-state index >= 15 is 0 Å². The van der Waals surface area contributed by atoms with Gasteiger partial charge in [-0.3, -0.25) is 0 Å². The van der Waals surface area contributed by atoms with Gasteiger partial charge in [0.05, 0.1) is 67.4 Å². The second kappa shape index (κ2) is 12.5. The van der Waals surface area contributed by atoms with E-state index in [-0.39, 0.29) is 27.5 Å². The molecule has 0 aliphatic heterocycles. The molecule has 3 heteroatoms. The van der Waals surface area contributed by atoms with Gasteiger partial charge in [0.25, 0.3) is 0 Å². The normalized spacial score (nSPS) is 18.0. The lowest BCUT2D eigenvalue weighted by Crippen LogP contribution is -1.95. The highest BCUT2D eigenvalue weighted by Crippen LogP contribution is 2.43. The SMILES string of the molecule is [2H]c1c([2H])c([2H])c(-c2c([2H])c([2H])c([2H])c3oc4c([2H])c([2H])c([2H])c(-n5c6c([2H])c([2H])c([2H])c([2H])c6c6c([2H])c(-c7c([2H])c([2H])c8c(c7[2H])c7c([2H])c([2H])c([2H])c([2H])c7n8-c7cccc(-c8ccccc8)c7)c([2H])c([2H])c65)c4c23)c([2H])c1[2H]. The van der Waals surface area contributed by atoms with E-state index in [1.165, 1.54) is 4.57 Å². The van der Waals surface area contributed by atoms with Crippen molar-refractivity contribution in [3.8, 4) is 44.8 Å². The van der Waals surface area contributed by atoms with Gasteiger partial charge in [-0.2, -0.15) is 0 Å². The number of hydrogen-bond acceptors (Lipinski definition) is 1. The summed E-state index contributed by atoms with van der Waals surface area (Å²) >= 11 is 0. The fourth-order valence-corrected chi connectivity index (χ4v) is 7.44. The average Bonchev–Trinajstić information content (AvgIpc) is 1.81. The van der Waals surface area contributed by atoms with E-state index in [1.54, 1.807) is 24.3 Å². The van der Waals surface area contributed by atoms with E-state index in [1.807, 2.05) is 30.3 Å². The first kappa shape index (κ1) is 15.9. The quantitative estimate of drug-likeness (QED) is 0.172. The monoisotopic (exact) mass is 751 g/mol. The Kier molecular flexibility index (Phi) is 3.46. The number of aromatic nitrogens is 2. The summed E-state index contributed by atoms with van der Waals surface area (Å²) in [6, 6.07) is -4.89. The third-order valence-corrected chi connectivity index (χ3v) is 9.87. The minimum atomic E-state index is -0.970. The van der Waals surface area contributed by atoms with E-state index in [0.29, 0.717) is 5.56 Å². The van der Waals surface area contributed by atoms with Crippen LogP contribution in [0.25, 0.3) is 110 Å². The highest BCUT2D eigenvalue weighted by molar-refractivity contribution is 6.18. The smallest absolute Gasteiger partial charge is 0.137 e. The zero-order valence-corrected chi connectivity index (χ0v) is 29.0. The molecule has 0 saturated carbocycles. The number of furan rings is 1. The Labute approximate surface area is 364 Å². The summed E-state index contributed by atoms with van der Waals surface area (Å²) in [6.45, 7) is 0. The molecule has 0 radical (unpaired) electrons. The maximum Gasteiger partial charge on any atom is 0.137 e. The lowest BCUT2D eigenvalue weighted by molar-refractivity contribution is 0.669. The van der Waals surface area contributed by atoms with Gasteiger partial charge in [0.15, 0.2) is 0 Å². The van der Waals surface area contributed by atoms with E-state index in [0.717, 1.165) is 10.1 Å². The van der Waals surface area contributed by atoms with E-state index in [9.17, 15) is 16.4 Å². The van der Waals surface area contributed by atoms with Crippen molar-refractivity contribution in [2.75, 3.05) is 0 Å². The van der Waals surface area contributed by atoms with Crippen molar-refractivity contribution in [1.82, 2.24) is 9.13 Å².